The summed E-state index contributed by atoms with van der Waals surface area (Å²) in [5.41, 5.74) is 4.46. The van der Waals surface area contributed by atoms with Crippen molar-refractivity contribution in [2.24, 2.45) is 4.99 Å². The van der Waals surface area contributed by atoms with Crippen LogP contribution in [0.3, 0.4) is 0 Å². The Morgan fingerprint density at radius 2 is 1.73 bits per heavy atom. The van der Waals surface area contributed by atoms with Crippen LogP contribution >= 0.6 is 0 Å². The van der Waals surface area contributed by atoms with E-state index < -0.39 is 0 Å². The molecule has 4 rings (SSSR count). The van der Waals surface area contributed by atoms with Crippen LogP contribution in [0, 0.1) is 0 Å². The molecule has 0 bridgehead atoms. The Morgan fingerprint density at radius 1 is 0.955 bits per heavy atom. The van der Waals surface area contributed by atoms with Crippen LogP contribution in [0.5, 0.6) is 5.88 Å². The molecule has 0 atom stereocenters. The molecule has 0 radical (unpaired) electrons. The monoisotopic (exact) mass is 287 g/mol. The van der Waals surface area contributed by atoms with E-state index in [-0.39, 0.29) is 5.88 Å². The highest BCUT2D eigenvalue weighted by Crippen LogP contribution is 2.33. The van der Waals surface area contributed by atoms with Gasteiger partial charge >= 0.3 is 0 Å². The second-order valence-corrected chi connectivity index (χ2v) is 5.06. The van der Waals surface area contributed by atoms with Crippen molar-refractivity contribution in [1.29, 1.82) is 0 Å². The fourth-order valence-corrected chi connectivity index (χ4v) is 2.52. The summed E-state index contributed by atoms with van der Waals surface area (Å²) in [5.74, 6) is 0.636. The zero-order valence-electron chi connectivity index (χ0n) is 11.7. The molecule has 4 nitrogen and oxygen atoms in total. The lowest BCUT2D eigenvalue weighted by Crippen LogP contribution is -1.82. The molecule has 1 aromatic heterocycles. The van der Waals surface area contributed by atoms with Crippen molar-refractivity contribution in [3.8, 4) is 17.3 Å². The number of aliphatic imine (C=N–C) groups is 1. The molecule has 4 heteroatoms. The third kappa shape index (κ3) is 2.11. The molecule has 0 saturated carbocycles. The molecule has 0 amide bonds. The largest absolute Gasteiger partial charge is 0.492 e. The number of aromatic hydroxyl groups is 1. The lowest BCUT2D eigenvalue weighted by atomic mass is 10.1. The summed E-state index contributed by atoms with van der Waals surface area (Å²) < 4.78 is 0. The zero-order chi connectivity index (χ0) is 14.9. The molecule has 2 heterocycles. The lowest BCUT2D eigenvalue weighted by molar-refractivity contribution is 0.455. The van der Waals surface area contributed by atoms with Gasteiger partial charge in [0.15, 0.2) is 0 Å². The van der Waals surface area contributed by atoms with E-state index in [0.29, 0.717) is 11.5 Å². The Balaban J connectivity index is 1.75. The number of para-hydroxylation sites is 1. The summed E-state index contributed by atoms with van der Waals surface area (Å²) in [6.45, 7) is 0. The van der Waals surface area contributed by atoms with Crippen molar-refractivity contribution in [2.45, 2.75) is 0 Å². The van der Waals surface area contributed by atoms with Gasteiger partial charge in [-0.2, -0.15) is 4.98 Å². The molecular weight excluding hydrogens is 274 g/mol. The smallest absolute Gasteiger partial charge is 0.237 e. The molecule has 2 aromatic carbocycles. The average Bonchev–Trinajstić information content (AvgIpc) is 3.13. The number of nitrogens with zero attached hydrogens (tertiary/aromatic N) is 2. The minimum absolute atomic E-state index is 0.0101. The topological polar surface area (TPSA) is 61.3 Å². The highest BCUT2D eigenvalue weighted by Gasteiger charge is 2.14. The Bertz CT molecular complexity index is 892. The van der Waals surface area contributed by atoms with Crippen molar-refractivity contribution >= 4 is 23.6 Å². The van der Waals surface area contributed by atoms with E-state index >= 15 is 0 Å². The molecule has 0 aliphatic carbocycles. The number of imidazole rings is 1. The first-order chi connectivity index (χ1) is 10.8. The fourth-order valence-electron chi connectivity index (χ4n) is 2.52. The molecule has 1 aliphatic rings. The van der Waals surface area contributed by atoms with Crippen molar-refractivity contribution in [3.63, 3.8) is 0 Å². The van der Waals surface area contributed by atoms with E-state index in [1.165, 1.54) is 0 Å². The van der Waals surface area contributed by atoms with Gasteiger partial charge in [0.25, 0.3) is 0 Å². The Hall–Kier alpha value is -3.14. The van der Waals surface area contributed by atoms with Crippen LogP contribution in [0.25, 0.3) is 23.0 Å². The second-order valence-electron chi connectivity index (χ2n) is 5.06. The second kappa shape index (κ2) is 5.00. The van der Waals surface area contributed by atoms with Crippen LogP contribution < -0.4 is 0 Å². The van der Waals surface area contributed by atoms with Crippen LogP contribution in [0.2, 0.25) is 0 Å². The first-order valence-corrected chi connectivity index (χ1v) is 7.01. The van der Waals surface area contributed by atoms with Gasteiger partial charge in [0.1, 0.15) is 11.5 Å². The molecule has 22 heavy (non-hydrogen) atoms. The fraction of sp³-hybridized carbons (Fsp3) is 0. The predicted molar refractivity (Wildman–Crippen MR) is 88.2 cm³/mol. The van der Waals surface area contributed by atoms with Gasteiger partial charge in [-0.05, 0) is 12.1 Å². The quantitative estimate of drug-likeness (QED) is 0.747. The van der Waals surface area contributed by atoms with E-state index in [1.807, 2.05) is 60.7 Å². The number of rotatable bonds is 2. The van der Waals surface area contributed by atoms with Gasteiger partial charge in [-0.15, -0.1) is 0 Å². The Kier molecular flexibility index (Phi) is 2.86. The van der Waals surface area contributed by atoms with E-state index in [1.54, 1.807) is 6.21 Å². The maximum absolute atomic E-state index is 10.1. The Labute approximate surface area is 127 Å². The normalized spacial score (nSPS) is 14.5. The van der Waals surface area contributed by atoms with Gasteiger partial charge in [0, 0.05) is 22.9 Å². The van der Waals surface area contributed by atoms with Gasteiger partial charge in [0.05, 0.1) is 5.69 Å². The van der Waals surface area contributed by atoms with Crippen LogP contribution in [-0.2, 0) is 0 Å². The maximum Gasteiger partial charge on any atom is 0.237 e. The highest BCUT2D eigenvalue weighted by molar-refractivity contribution is 6.21. The van der Waals surface area contributed by atoms with Gasteiger partial charge in [-0.1, -0.05) is 48.5 Å². The average molecular weight is 287 g/mol. The molecular formula is C18H13N3O. The van der Waals surface area contributed by atoms with Crippen LogP contribution in [0.15, 0.2) is 59.6 Å². The van der Waals surface area contributed by atoms with Crippen LogP contribution in [-0.4, -0.2) is 21.3 Å². The predicted octanol–water partition coefficient (Wildman–Crippen LogP) is 4.04. The van der Waals surface area contributed by atoms with Gasteiger partial charge < -0.3 is 10.1 Å². The van der Waals surface area contributed by atoms with Gasteiger partial charge in [-0.25, -0.2) is 0 Å². The third-order valence-corrected chi connectivity index (χ3v) is 3.62. The summed E-state index contributed by atoms with van der Waals surface area (Å²) in [7, 11) is 0. The van der Waals surface area contributed by atoms with Gasteiger partial charge in [-0.3, -0.25) is 4.99 Å². The van der Waals surface area contributed by atoms with Crippen molar-refractivity contribution in [1.82, 2.24) is 9.97 Å². The number of nitrogens with one attached hydrogen (secondary N) is 1. The Morgan fingerprint density at radius 3 is 2.59 bits per heavy atom. The van der Waals surface area contributed by atoms with Crippen LogP contribution in [0.1, 0.15) is 11.3 Å². The highest BCUT2D eigenvalue weighted by atomic mass is 16.3. The van der Waals surface area contributed by atoms with Crippen molar-refractivity contribution in [2.75, 3.05) is 0 Å². The van der Waals surface area contributed by atoms with E-state index in [9.17, 15) is 5.11 Å². The molecule has 0 spiro atoms. The number of hydrogen-bond acceptors (Lipinski definition) is 3. The van der Waals surface area contributed by atoms with E-state index in [2.05, 4.69) is 15.0 Å². The minimum atomic E-state index is -0.0101. The van der Waals surface area contributed by atoms with Crippen molar-refractivity contribution in [3.05, 3.63) is 65.9 Å². The van der Waals surface area contributed by atoms with E-state index in [4.69, 9.17) is 0 Å². The number of benzene rings is 2. The van der Waals surface area contributed by atoms with Gasteiger partial charge in [0.2, 0.25) is 5.88 Å². The summed E-state index contributed by atoms with van der Waals surface area (Å²) in [6, 6.07) is 17.6. The molecule has 106 valence electrons. The number of hydrogen-bond donors (Lipinski definition) is 2. The number of H-pyrrole nitrogens is 1. The lowest BCUT2D eigenvalue weighted by Gasteiger charge is -1.98. The molecule has 3 aromatic rings. The molecule has 0 saturated heterocycles. The molecule has 1 aliphatic heterocycles. The zero-order valence-corrected chi connectivity index (χ0v) is 11.7. The summed E-state index contributed by atoms with van der Waals surface area (Å²) in [5, 5.41) is 10.1. The van der Waals surface area contributed by atoms with E-state index in [0.717, 1.165) is 22.4 Å². The molecule has 2 N–H and O–H groups in total. The first kappa shape index (κ1) is 12.6. The van der Waals surface area contributed by atoms with Crippen molar-refractivity contribution < 1.29 is 5.11 Å². The summed E-state index contributed by atoms with van der Waals surface area (Å²) >= 11 is 0. The minimum Gasteiger partial charge on any atom is -0.492 e. The number of fused-ring (bicyclic) bond motifs is 1. The first-order valence-electron chi connectivity index (χ1n) is 7.01. The van der Waals surface area contributed by atoms with Crippen LogP contribution in [0.4, 0.5) is 5.69 Å². The SMILES string of the molecule is Oc1nc(-c2ccccc2)[nH]c1/C=C1\C=Nc2ccccc21. The summed E-state index contributed by atoms with van der Waals surface area (Å²) in [4.78, 5) is 11.7. The summed E-state index contributed by atoms with van der Waals surface area (Å²) in [6.07, 6.45) is 3.66. The number of aromatic nitrogens is 2. The number of aromatic amines is 1. The maximum atomic E-state index is 10.1. The third-order valence-electron chi connectivity index (χ3n) is 3.62. The number of allylic oxidation sites excluding steroid dienone is 1. The molecule has 0 unspecified atom stereocenters. The standard InChI is InChI=1S/C18H13N3O/c22-18-16(20-17(21-18)12-6-2-1-3-7-12)10-13-11-19-15-9-5-4-8-14(13)15/h1-11,22H,(H,20,21)/b13-10+. The molecule has 0 fully saturated rings.